The Bertz CT molecular complexity index is 1200. The predicted octanol–water partition coefficient (Wildman–Crippen LogP) is 1.78. The zero-order valence-corrected chi connectivity index (χ0v) is 24.4. The number of aryl methyl sites for hydroxylation is 1. The Balaban J connectivity index is 0.000000453. The van der Waals surface area contributed by atoms with Crippen LogP contribution in [0.15, 0.2) is 84.9 Å². The molecule has 0 bridgehead atoms. The van der Waals surface area contributed by atoms with Gasteiger partial charge >= 0.3 is 7.12 Å². The minimum absolute atomic E-state index is 0.191. The van der Waals surface area contributed by atoms with Gasteiger partial charge in [-0.15, -0.1) is 0 Å². The summed E-state index contributed by atoms with van der Waals surface area (Å²) in [6, 6.07) is 27.0. The molecule has 11 heteroatoms. The molecule has 224 valence electrons. The first-order valence-electron chi connectivity index (χ1n) is 13.7. The first-order valence-corrected chi connectivity index (χ1v) is 13.7. The molecular weight excluding hydrogens is 535 g/mol. The van der Waals surface area contributed by atoms with Gasteiger partial charge in [-0.1, -0.05) is 111 Å². The second-order valence-corrected chi connectivity index (χ2v) is 9.25. The van der Waals surface area contributed by atoms with Crippen LogP contribution in [-0.4, -0.2) is 66.9 Å². The third kappa shape index (κ3) is 16.0. The maximum Gasteiger partial charge on any atom is 0.472 e. The first-order chi connectivity index (χ1) is 20.2. The van der Waals surface area contributed by atoms with Gasteiger partial charge in [0.05, 0.1) is 19.5 Å². The van der Waals surface area contributed by atoms with Crippen LogP contribution in [0.5, 0.6) is 0 Å². The first kappa shape index (κ1) is 35.6. The minimum Gasteiger partial charge on any atom is -0.426 e. The van der Waals surface area contributed by atoms with Gasteiger partial charge in [-0.2, -0.15) is 0 Å². The fraction of sp³-hybridized carbons (Fsp3) is 0.290. The van der Waals surface area contributed by atoms with Crippen LogP contribution in [-0.2, 0) is 25.6 Å². The monoisotopic (exact) mass is 576 g/mol. The van der Waals surface area contributed by atoms with Crippen LogP contribution in [0.3, 0.4) is 0 Å². The lowest BCUT2D eigenvalue weighted by atomic mass is 9.92. The number of hydrogen-bond acceptors (Lipinski definition) is 6. The molecule has 4 amide bonds. The van der Waals surface area contributed by atoms with E-state index in [0.717, 1.165) is 5.56 Å². The summed E-state index contributed by atoms with van der Waals surface area (Å²) in [4.78, 5) is 45.8. The van der Waals surface area contributed by atoms with E-state index in [2.05, 4.69) is 90.6 Å². The number of carbonyl (C=O) groups excluding carboxylic acids is 4. The fourth-order valence-corrected chi connectivity index (χ4v) is 3.37. The van der Waals surface area contributed by atoms with Crippen molar-refractivity contribution >= 4 is 31.3 Å². The molecule has 3 rings (SSSR count). The van der Waals surface area contributed by atoms with E-state index in [1.54, 1.807) is 24.3 Å². The molecule has 0 fully saturated rings. The average molecular weight is 577 g/mol. The van der Waals surface area contributed by atoms with Gasteiger partial charge in [0.25, 0.3) is 0 Å². The van der Waals surface area contributed by atoms with Crippen LogP contribution in [0.1, 0.15) is 31.4 Å². The van der Waals surface area contributed by atoms with Gasteiger partial charge in [0.2, 0.25) is 24.1 Å². The molecular formula is C31H41BN4O6. The normalized spacial score (nSPS) is 10.3. The summed E-state index contributed by atoms with van der Waals surface area (Å²) >= 11 is 0. The lowest BCUT2D eigenvalue weighted by Crippen LogP contribution is -2.52. The molecule has 0 spiro atoms. The molecule has 0 radical (unpaired) electrons. The van der Waals surface area contributed by atoms with Crippen molar-refractivity contribution in [2.75, 3.05) is 19.5 Å². The van der Waals surface area contributed by atoms with Gasteiger partial charge in [-0.05, 0) is 23.6 Å². The van der Waals surface area contributed by atoms with E-state index in [-0.39, 0.29) is 26.0 Å². The van der Waals surface area contributed by atoms with Gasteiger partial charge < -0.3 is 31.3 Å². The van der Waals surface area contributed by atoms with Crippen LogP contribution in [0, 0.1) is 6.92 Å². The molecule has 42 heavy (non-hydrogen) atoms. The molecule has 6 N–H and O–H groups in total. The number of carbonyl (C=O) groups is 4. The van der Waals surface area contributed by atoms with Crippen LogP contribution < -0.4 is 21.3 Å². The smallest absolute Gasteiger partial charge is 0.426 e. The van der Waals surface area contributed by atoms with Crippen LogP contribution >= 0.6 is 0 Å². The third-order valence-electron chi connectivity index (χ3n) is 5.34. The van der Waals surface area contributed by atoms with Crippen LogP contribution in [0.2, 0.25) is 0 Å². The summed E-state index contributed by atoms with van der Waals surface area (Å²) < 4.78 is 0. The van der Waals surface area contributed by atoms with Gasteiger partial charge in [0, 0.05) is 6.42 Å². The number of rotatable bonds is 12. The van der Waals surface area contributed by atoms with Gasteiger partial charge in [0.1, 0.15) is 6.04 Å². The molecule has 0 aromatic heterocycles. The second kappa shape index (κ2) is 21.3. The highest BCUT2D eigenvalue weighted by atomic mass is 16.4. The third-order valence-corrected chi connectivity index (χ3v) is 5.34. The summed E-state index contributed by atoms with van der Waals surface area (Å²) in [6.07, 6.45) is 1.44. The van der Waals surface area contributed by atoms with Crippen molar-refractivity contribution in [3.05, 3.63) is 96.1 Å². The lowest BCUT2D eigenvalue weighted by Gasteiger charge is -2.18. The Hall–Kier alpha value is -4.48. The van der Waals surface area contributed by atoms with Gasteiger partial charge in [0.15, 0.2) is 0 Å². The number of benzene rings is 3. The largest absolute Gasteiger partial charge is 0.472 e. The van der Waals surface area contributed by atoms with Crippen molar-refractivity contribution in [3.8, 4) is 11.1 Å². The van der Waals surface area contributed by atoms with Crippen molar-refractivity contribution in [1.29, 1.82) is 0 Å². The minimum atomic E-state index is -1.69. The number of hydrogen-bond donors (Lipinski definition) is 6. The molecule has 0 heterocycles. The molecule has 0 aliphatic carbocycles. The quantitative estimate of drug-likeness (QED) is 0.143. The summed E-state index contributed by atoms with van der Waals surface area (Å²) in [5.41, 5.74) is 4.66. The Labute approximate surface area is 248 Å². The van der Waals surface area contributed by atoms with Crippen molar-refractivity contribution in [2.45, 2.75) is 39.7 Å². The van der Waals surface area contributed by atoms with E-state index in [9.17, 15) is 19.2 Å². The zero-order valence-electron chi connectivity index (χ0n) is 24.4. The predicted molar refractivity (Wildman–Crippen MR) is 165 cm³/mol. The molecule has 3 aromatic rings. The average Bonchev–Trinajstić information content (AvgIpc) is 2.99. The van der Waals surface area contributed by atoms with E-state index in [0.29, 0.717) is 6.41 Å². The molecule has 0 saturated carbocycles. The van der Waals surface area contributed by atoms with Crippen LogP contribution in [0.25, 0.3) is 11.1 Å². The number of nitrogens with one attached hydrogen (secondary N) is 4. The van der Waals surface area contributed by atoms with Crippen molar-refractivity contribution in [2.24, 2.45) is 0 Å². The molecule has 1 atom stereocenters. The Kier molecular flexibility index (Phi) is 18.0. The van der Waals surface area contributed by atoms with E-state index >= 15 is 0 Å². The highest BCUT2D eigenvalue weighted by Crippen LogP contribution is 2.18. The molecule has 0 aliphatic heterocycles. The Morgan fingerprint density at radius 1 is 0.786 bits per heavy atom. The molecule has 0 aliphatic rings. The zero-order chi connectivity index (χ0) is 31.2. The highest BCUT2D eigenvalue weighted by Gasteiger charge is 2.22. The standard InChI is InChI=1S/C15H21BN4O6.C13H12.C3H8/c21-10-17-7-14(23)20-12(6-11-4-2-1-3-5-11)15(24)18-8-13(22)19-9-16(25)26;1-11-7-9-13(10-8-11)12-5-3-2-4-6-12;1-3-2/h1-5,10,12,25-26H,6-9H2,(H,17,21)(H,18,24)(H,19,22)(H,20,23);2-10H,1H3;3H2,1-2H3. The fourth-order valence-electron chi connectivity index (χ4n) is 3.37. The van der Waals surface area contributed by atoms with E-state index in [4.69, 9.17) is 10.0 Å². The molecule has 1 unspecified atom stereocenters. The lowest BCUT2D eigenvalue weighted by molar-refractivity contribution is -0.130. The Morgan fingerprint density at radius 3 is 1.88 bits per heavy atom. The number of amides is 4. The van der Waals surface area contributed by atoms with Crippen molar-refractivity contribution in [1.82, 2.24) is 21.3 Å². The topological polar surface area (TPSA) is 157 Å². The Morgan fingerprint density at radius 2 is 1.33 bits per heavy atom. The van der Waals surface area contributed by atoms with E-state index in [1.165, 1.54) is 23.1 Å². The summed E-state index contributed by atoms with van der Waals surface area (Å²) in [5, 5.41) is 26.6. The summed E-state index contributed by atoms with van der Waals surface area (Å²) in [5.74, 6) is -1.76. The molecule has 10 nitrogen and oxygen atoms in total. The maximum absolute atomic E-state index is 12.3. The SMILES string of the molecule is CCC.Cc1ccc(-c2ccccc2)cc1.O=CNCC(=O)NC(Cc1ccccc1)C(=O)NCC(=O)NCB(O)O. The van der Waals surface area contributed by atoms with Crippen molar-refractivity contribution < 1.29 is 29.2 Å². The molecule has 3 aromatic carbocycles. The molecule has 0 saturated heterocycles. The second-order valence-electron chi connectivity index (χ2n) is 9.25. The van der Waals surface area contributed by atoms with Crippen molar-refractivity contribution in [3.63, 3.8) is 0 Å². The van der Waals surface area contributed by atoms with E-state index < -0.39 is 30.9 Å². The van der Waals surface area contributed by atoms with E-state index in [1.807, 2.05) is 12.1 Å². The van der Waals surface area contributed by atoms with Gasteiger partial charge in [-0.25, -0.2) is 0 Å². The van der Waals surface area contributed by atoms with Crippen LogP contribution in [0.4, 0.5) is 0 Å². The summed E-state index contributed by atoms with van der Waals surface area (Å²) in [7, 11) is -1.69. The summed E-state index contributed by atoms with van der Waals surface area (Å²) in [6.45, 7) is 5.69. The maximum atomic E-state index is 12.3. The van der Waals surface area contributed by atoms with Gasteiger partial charge in [-0.3, -0.25) is 19.2 Å². The highest BCUT2D eigenvalue weighted by molar-refractivity contribution is 6.41.